The summed E-state index contributed by atoms with van der Waals surface area (Å²) in [4.78, 5) is 14.3. The van der Waals surface area contributed by atoms with Crippen LogP contribution in [0.4, 0.5) is 0 Å². The van der Waals surface area contributed by atoms with Crippen molar-refractivity contribution in [2.24, 2.45) is 0 Å². The van der Waals surface area contributed by atoms with E-state index in [0.717, 1.165) is 36.8 Å². The summed E-state index contributed by atoms with van der Waals surface area (Å²) in [6.07, 6.45) is 6.45. The molecule has 4 nitrogen and oxygen atoms in total. The molecule has 1 fully saturated rings. The third-order valence-electron chi connectivity index (χ3n) is 3.85. The van der Waals surface area contributed by atoms with Gasteiger partial charge >= 0.3 is 0 Å². The van der Waals surface area contributed by atoms with Crippen LogP contribution in [0.3, 0.4) is 0 Å². The van der Waals surface area contributed by atoms with E-state index in [0.29, 0.717) is 11.6 Å². The minimum Gasteiger partial charge on any atom is -0.341 e. The predicted molar refractivity (Wildman–Crippen MR) is 79.8 cm³/mol. The molecule has 0 atom stereocenters. The van der Waals surface area contributed by atoms with Gasteiger partial charge in [-0.3, -0.25) is 9.48 Å². The molecule has 0 aliphatic carbocycles. The number of rotatable bonds is 2. The third-order valence-corrected chi connectivity index (χ3v) is 4.09. The molecule has 0 unspecified atom stereocenters. The van der Waals surface area contributed by atoms with Crippen molar-refractivity contribution in [2.75, 3.05) is 13.1 Å². The van der Waals surface area contributed by atoms with Gasteiger partial charge in [-0.15, -0.1) is 0 Å². The fourth-order valence-corrected chi connectivity index (χ4v) is 2.88. The maximum Gasteiger partial charge on any atom is 0.244 e. The Balaban J connectivity index is 1.78. The average molecular weight is 292 g/mol. The molecule has 20 heavy (non-hydrogen) atoms. The van der Waals surface area contributed by atoms with E-state index in [4.69, 9.17) is 11.6 Å². The van der Waals surface area contributed by atoms with E-state index in [1.165, 1.54) is 12.8 Å². The average Bonchev–Trinajstić information content (AvgIpc) is 2.67. The molecule has 1 aliphatic heterocycles. The van der Waals surface area contributed by atoms with Gasteiger partial charge in [0.1, 0.15) is 6.54 Å². The Morgan fingerprint density at radius 2 is 1.95 bits per heavy atom. The summed E-state index contributed by atoms with van der Waals surface area (Å²) in [6, 6.07) is 5.63. The number of carbonyl (C=O) groups excluding carboxylic acids is 1. The van der Waals surface area contributed by atoms with E-state index < -0.39 is 0 Å². The Morgan fingerprint density at radius 3 is 2.70 bits per heavy atom. The van der Waals surface area contributed by atoms with Crippen molar-refractivity contribution >= 4 is 28.4 Å². The van der Waals surface area contributed by atoms with Crippen LogP contribution in [0.2, 0.25) is 5.02 Å². The monoisotopic (exact) mass is 291 g/mol. The van der Waals surface area contributed by atoms with Crippen molar-refractivity contribution in [3.8, 4) is 0 Å². The van der Waals surface area contributed by atoms with Crippen LogP contribution in [-0.2, 0) is 11.3 Å². The molecule has 106 valence electrons. The van der Waals surface area contributed by atoms with E-state index >= 15 is 0 Å². The largest absolute Gasteiger partial charge is 0.341 e. The highest BCUT2D eigenvalue weighted by atomic mass is 35.5. The molecule has 3 rings (SSSR count). The number of amides is 1. The smallest absolute Gasteiger partial charge is 0.244 e. The lowest BCUT2D eigenvalue weighted by atomic mass is 10.2. The minimum atomic E-state index is 0.150. The summed E-state index contributed by atoms with van der Waals surface area (Å²) < 4.78 is 1.74. The molecule has 2 aromatic rings. The number of carbonyl (C=O) groups is 1. The zero-order chi connectivity index (χ0) is 13.9. The number of fused-ring (bicyclic) bond motifs is 1. The first kappa shape index (κ1) is 13.4. The lowest BCUT2D eigenvalue weighted by Crippen LogP contribution is -2.34. The number of halogens is 1. The number of aromatic nitrogens is 2. The maximum absolute atomic E-state index is 12.4. The molecule has 0 N–H and O–H groups in total. The fraction of sp³-hybridized carbons (Fsp3) is 0.467. The predicted octanol–water partition coefficient (Wildman–Crippen LogP) is 3.09. The highest BCUT2D eigenvalue weighted by Gasteiger charge is 2.17. The molecule has 1 aliphatic rings. The number of likely N-dealkylation sites (tertiary alicyclic amines) is 1. The van der Waals surface area contributed by atoms with Crippen molar-refractivity contribution in [1.29, 1.82) is 0 Å². The SMILES string of the molecule is O=C(Cn1ncc2ccc(Cl)cc21)N1CCCCCC1. The second-order valence-electron chi connectivity index (χ2n) is 5.30. The molecule has 1 saturated heterocycles. The molecule has 0 spiro atoms. The van der Waals surface area contributed by atoms with Crippen molar-refractivity contribution in [2.45, 2.75) is 32.2 Å². The first-order valence-corrected chi connectivity index (χ1v) is 7.51. The van der Waals surface area contributed by atoms with Crippen LogP contribution in [-0.4, -0.2) is 33.7 Å². The summed E-state index contributed by atoms with van der Waals surface area (Å²) in [5.41, 5.74) is 0.917. The highest BCUT2D eigenvalue weighted by molar-refractivity contribution is 6.31. The Morgan fingerprint density at radius 1 is 1.20 bits per heavy atom. The van der Waals surface area contributed by atoms with Gasteiger partial charge in [-0.1, -0.05) is 24.4 Å². The molecule has 1 aromatic carbocycles. The quantitative estimate of drug-likeness (QED) is 0.853. The Hall–Kier alpha value is -1.55. The fourth-order valence-electron chi connectivity index (χ4n) is 2.72. The van der Waals surface area contributed by atoms with Crippen LogP contribution in [0.1, 0.15) is 25.7 Å². The van der Waals surface area contributed by atoms with Crippen LogP contribution < -0.4 is 0 Å². The van der Waals surface area contributed by atoms with E-state index in [9.17, 15) is 4.79 Å². The van der Waals surface area contributed by atoms with Gasteiger partial charge < -0.3 is 4.90 Å². The second-order valence-corrected chi connectivity index (χ2v) is 5.74. The second kappa shape index (κ2) is 5.83. The molecular formula is C15H18ClN3O. The first-order valence-electron chi connectivity index (χ1n) is 7.13. The zero-order valence-electron chi connectivity index (χ0n) is 11.4. The molecular weight excluding hydrogens is 274 g/mol. The molecule has 1 aromatic heterocycles. The number of benzene rings is 1. The molecule has 2 heterocycles. The van der Waals surface area contributed by atoms with Crippen molar-refractivity contribution in [3.63, 3.8) is 0 Å². The topological polar surface area (TPSA) is 38.1 Å². The third kappa shape index (κ3) is 2.80. The normalized spacial score (nSPS) is 16.4. The van der Waals surface area contributed by atoms with Crippen molar-refractivity contribution in [3.05, 3.63) is 29.4 Å². The van der Waals surface area contributed by atoms with Gasteiger partial charge in [0, 0.05) is 23.5 Å². The molecule has 1 amide bonds. The van der Waals surface area contributed by atoms with Gasteiger partial charge in [0.05, 0.1) is 11.7 Å². The highest BCUT2D eigenvalue weighted by Crippen LogP contribution is 2.19. The van der Waals surface area contributed by atoms with Gasteiger partial charge in [0.25, 0.3) is 0 Å². The van der Waals surface area contributed by atoms with Crippen LogP contribution in [0.5, 0.6) is 0 Å². The zero-order valence-corrected chi connectivity index (χ0v) is 12.1. The molecule has 0 radical (unpaired) electrons. The van der Waals surface area contributed by atoms with Gasteiger partial charge in [0.2, 0.25) is 5.91 Å². The number of hydrogen-bond donors (Lipinski definition) is 0. The van der Waals surface area contributed by atoms with Crippen LogP contribution >= 0.6 is 11.6 Å². The molecule has 0 bridgehead atoms. The van der Waals surface area contributed by atoms with Crippen molar-refractivity contribution < 1.29 is 4.79 Å². The maximum atomic E-state index is 12.4. The van der Waals surface area contributed by atoms with Crippen LogP contribution in [0.15, 0.2) is 24.4 Å². The Labute approximate surface area is 123 Å². The molecule has 5 heteroatoms. The number of hydrogen-bond acceptors (Lipinski definition) is 2. The summed E-state index contributed by atoms with van der Waals surface area (Å²) in [5.74, 6) is 0.150. The van der Waals surface area contributed by atoms with Gasteiger partial charge in [-0.05, 0) is 31.0 Å². The summed E-state index contributed by atoms with van der Waals surface area (Å²) in [7, 11) is 0. The summed E-state index contributed by atoms with van der Waals surface area (Å²) >= 11 is 6.02. The van der Waals surface area contributed by atoms with E-state index in [-0.39, 0.29) is 5.91 Å². The van der Waals surface area contributed by atoms with E-state index in [1.807, 2.05) is 23.1 Å². The number of nitrogens with zero attached hydrogens (tertiary/aromatic N) is 3. The van der Waals surface area contributed by atoms with Crippen molar-refractivity contribution in [1.82, 2.24) is 14.7 Å². The lowest BCUT2D eigenvalue weighted by molar-refractivity contribution is -0.131. The van der Waals surface area contributed by atoms with Crippen LogP contribution in [0, 0.1) is 0 Å². The first-order chi connectivity index (χ1) is 9.74. The Bertz CT molecular complexity index is 615. The summed E-state index contributed by atoms with van der Waals surface area (Å²) in [6.45, 7) is 2.04. The standard InChI is InChI=1S/C15H18ClN3O/c16-13-6-5-12-10-17-19(14(12)9-13)11-15(20)18-7-3-1-2-4-8-18/h5-6,9-10H,1-4,7-8,11H2. The van der Waals surface area contributed by atoms with Gasteiger partial charge in [-0.25, -0.2) is 0 Å². The summed E-state index contributed by atoms with van der Waals surface area (Å²) in [5, 5.41) is 5.99. The Kier molecular flexibility index (Phi) is 3.92. The van der Waals surface area contributed by atoms with Gasteiger partial charge in [0.15, 0.2) is 0 Å². The van der Waals surface area contributed by atoms with E-state index in [2.05, 4.69) is 5.10 Å². The van der Waals surface area contributed by atoms with E-state index in [1.54, 1.807) is 10.9 Å². The lowest BCUT2D eigenvalue weighted by Gasteiger charge is -2.20. The molecule has 0 saturated carbocycles. The minimum absolute atomic E-state index is 0.150. The van der Waals surface area contributed by atoms with Gasteiger partial charge in [-0.2, -0.15) is 5.10 Å². The van der Waals surface area contributed by atoms with Crippen LogP contribution in [0.25, 0.3) is 10.9 Å².